The van der Waals surface area contributed by atoms with Crippen molar-refractivity contribution in [2.45, 2.75) is 32.9 Å². The molecule has 0 aliphatic carbocycles. The number of hydrogen-bond acceptors (Lipinski definition) is 5. The van der Waals surface area contributed by atoms with Crippen molar-refractivity contribution in [3.05, 3.63) is 33.7 Å². The number of aryl methyl sites for hydroxylation is 2. The summed E-state index contributed by atoms with van der Waals surface area (Å²) in [6.07, 6.45) is -0.882. The molecule has 144 valence electrons. The van der Waals surface area contributed by atoms with Crippen LogP contribution in [0.25, 0.3) is 10.4 Å². The molecule has 2 aliphatic heterocycles. The monoisotopic (exact) mass is 372 g/mol. The fraction of sp³-hybridized carbons (Fsp3) is 0.556. The second-order valence-electron chi connectivity index (χ2n) is 7.19. The van der Waals surface area contributed by atoms with E-state index in [1.807, 2.05) is 40.0 Å². The highest BCUT2D eigenvalue weighted by atomic mass is 16.6. The van der Waals surface area contributed by atoms with Gasteiger partial charge in [0.2, 0.25) is 5.91 Å². The van der Waals surface area contributed by atoms with Gasteiger partial charge in [-0.2, -0.15) is 0 Å². The van der Waals surface area contributed by atoms with E-state index in [9.17, 15) is 9.59 Å². The van der Waals surface area contributed by atoms with Gasteiger partial charge in [0.1, 0.15) is 6.10 Å². The average Bonchev–Trinajstić information content (AvgIpc) is 2.97. The molecule has 0 aromatic heterocycles. The van der Waals surface area contributed by atoms with Crippen molar-refractivity contribution in [1.29, 1.82) is 0 Å². The van der Waals surface area contributed by atoms with Crippen LogP contribution in [0.5, 0.6) is 0 Å². The lowest BCUT2D eigenvalue weighted by atomic mass is 10.0. The number of azide groups is 1. The summed E-state index contributed by atoms with van der Waals surface area (Å²) in [6, 6.07) is 4.01. The minimum absolute atomic E-state index is 0.0978. The third-order valence-electron chi connectivity index (χ3n) is 5.19. The van der Waals surface area contributed by atoms with E-state index in [0.717, 1.165) is 29.0 Å². The molecule has 0 radical (unpaired) electrons. The van der Waals surface area contributed by atoms with E-state index in [1.54, 1.807) is 9.80 Å². The van der Waals surface area contributed by atoms with Crippen LogP contribution in [0, 0.1) is 13.8 Å². The first kappa shape index (κ1) is 18.8. The molecule has 0 bridgehead atoms. The molecule has 3 rings (SSSR count). The van der Waals surface area contributed by atoms with Crippen molar-refractivity contribution in [3.63, 3.8) is 0 Å². The van der Waals surface area contributed by atoms with Crippen LogP contribution in [0.15, 0.2) is 17.2 Å². The molecular formula is C18H24N6O3. The quantitative estimate of drug-likeness (QED) is 0.460. The van der Waals surface area contributed by atoms with Crippen molar-refractivity contribution in [3.8, 4) is 0 Å². The van der Waals surface area contributed by atoms with Gasteiger partial charge in [-0.1, -0.05) is 5.11 Å². The Kier molecular flexibility index (Phi) is 5.14. The van der Waals surface area contributed by atoms with Crippen LogP contribution >= 0.6 is 0 Å². The highest BCUT2D eigenvalue weighted by Gasteiger charge is 2.33. The summed E-state index contributed by atoms with van der Waals surface area (Å²) < 4.78 is 5.26. The molecular weight excluding hydrogens is 348 g/mol. The van der Waals surface area contributed by atoms with E-state index in [1.165, 1.54) is 0 Å². The second kappa shape index (κ2) is 7.36. The molecule has 1 aromatic carbocycles. The van der Waals surface area contributed by atoms with Crippen LogP contribution in [0.4, 0.5) is 16.2 Å². The SMILES string of the molecule is Cc1cc(N2CC(CN=[N+]=[N-])OC2=O)cc(C)c1N1CC(=O)N(C)C(C)C1. The summed E-state index contributed by atoms with van der Waals surface area (Å²) in [6.45, 7) is 7.59. The zero-order valence-electron chi connectivity index (χ0n) is 16.0. The van der Waals surface area contributed by atoms with Crippen LogP contribution in [-0.4, -0.2) is 62.3 Å². The van der Waals surface area contributed by atoms with E-state index >= 15 is 0 Å². The molecule has 1 aromatic rings. The molecule has 2 aliphatic rings. The molecule has 9 nitrogen and oxygen atoms in total. The number of rotatable bonds is 4. The Morgan fingerprint density at radius 1 is 1.26 bits per heavy atom. The van der Waals surface area contributed by atoms with Crippen LogP contribution in [-0.2, 0) is 9.53 Å². The number of ether oxygens (including phenoxy) is 1. The summed E-state index contributed by atoms with van der Waals surface area (Å²) in [4.78, 5) is 32.6. The van der Waals surface area contributed by atoms with Crippen LogP contribution in [0.3, 0.4) is 0 Å². The number of piperazine rings is 1. The third-order valence-corrected chi connectivity index (χ3v) is 5.19. The Morgan fingerprint density at radius 3 is 2.52 bits per heavy atom. The number of carbonyl (C=O) groups is 2. The molecule has 0 N–H and O–H groups in total. The normalized spacial score (nSPS) is 22.7. The lowest BCUT2D eigenvalue weighted by Crippen LogP contribution is -2.54. The molecule has 2 amide bonds. The molecule has 2 fully saturated rings. The highest BCUT2D eigenvalue weighted by molar-refractivity contribution is 5.91. The van der Waals surface area contributed by atoms with Gasteiger partial charge in [-0.15, -0.1) is 0 Å². The average molecular weight is 372 g/mol. The van der Waals surface area contributed by atoms with Gasteiger partial charge in [0, 0.05) is 35.9 Å². The number of likely N-dealkylation sites (N-methyl/N-ethyl adjacent to an activating group) is 1. The lowest BCUT2D eigenvalue weighted by molar-refractivity contribution is -0.131. The standard InChI is InChI=1S/C18H24N6O3/c1-11-5-14(24-9-15(7-20-21-19)27-18(24)26)6-12(2)17(11)23-8-13(3)22(4)16(25)10-23/h5-6,13,15H,7-10H2,1-4H3. The van der Waals surface area contributed by atoms with Crippen molar-refractivity contribution in [2.24, 2.45) is 5.11 Å². The Balaban J connectivity index is 1.84. The Labute approximate surface area is 158 Å². The zero-order chi connectivity index (χ0) is 19.7. The van der Waals surface area contributed by atoms with Crippen molar-refractivity contribution >= 4 is 23.4 Å². The first-order chi connectivity index (χ1) is 12.8. The fourth-order valence-electron chi connectivity index (χ4n) is 3.74. The van der Waals surface area contributed by atoms with Crippen LogP contribution in [0.1, 0.15) is 18.1 Å². The van der Waals surface area contributed by atoms with Gasteiger partial charge in [0.25, 0.3) is 0 Å². The predicted molar refractivity (Wildman–Crippen MR) is 102 cm³/mol. The molecule has 2 saturated heterocycles. The summed E-state index contributed by atoms with van der Waals surface area (Å²) in [5.74, 6) is 0.0978. The summed E-state index contributed by atoms with van der Waals surface area (Å²) >= 11 is 0. The maximum Gasteiger partial charge on any atom is 0.414 e. The van der Waals surface area contributed by atoms with E-state index in [4.69, 9.17) is 10.3 Å². The number of amides is 2. The number of hydrogen-bond donors (Lipinski definition) is 0. The van der Waals surface area contributed by atoms with Gasteiger partial charge in [-0.25, -0.2) is 4.79 Å². The smallest absolute Gasteiger partial charge is 0.414 e. The first-order valence-electron chi connectivity index (χ1n) is 8.92. The van der Waals surface area contributed by atoms with Crippen LogP contribution in [0.2, 0.25) is 0 Å². The second-order valence-corrected chi connectivity index (χ2v) is 7.19. The van der Waals surface area contributed by atoms with Crippen LogP contribution < -0.4 is 9.80 Å². The number of benzene rings is 1. The van der Waals surface area contributed by atoms with E-state index in [2.05, 4.69) is 14.9 Å². The lowest BCUT2D eigenvalue weighted by Gasteiger charge is -2.40. The molecule has 9 heteroatoms. The first-order valence-corrected chi connectivity index (χ1v) is 8.92. The highest BCUT2D eigenvalue weighted by Crippen LogP contribution is 2.33. The number of anilines is 2. The van der Waals surface area contributed by atoms with E-state index in [-0.39, 0.29) is 18.5 Å². The van der Waals surface area contributed by atoms with Gasteiger partial charge in [-0.3, -0.25) is 9.69 Å². The van der Waals surface area contributed by atoms with Gasteiger partial charge >= 0.3 is 6.09 Å². The number of nitrogens with zero attached hydrogens (tertiary/aromatic N) is 6. The fourth-order valence-corrected chi connectivity index (χ4v) is 3.74. The van der Waals surface area contributed by atoms with Gasteiger partial charge < -0.3 is 14.5 Å². The maximum absolute atomic E-state index is 12.2. The molecule has 2 unspecified atom stereocenters. The van der Waals surface area contributed by atoms with Crippen molar-refractivity contribution in [1.82, 2.24) is 4.90 Å². The predicted octanol–water partition coefficient (Wildman–Crippen LogP) is 2.61. The van der Waals surface area contributed by atoms with Gasteiger partial charge in [0.15, 0.2) is 0 Å². The molecule has 2 heterocycles. The molecule has 0 spiro atoms. The zero-order valence-corrected chi connectivity index (χ0v) is 16.0. The number of carbonyl (C=O) groups excluding carboxylic acids is 2. The third kappa shape index (κ3) is 3.64. The van der Waals surface area contributed by atoms with Crippen molar-refractivity contribution < 1.29 is 14.3 Å². The Bertz CT molecular complexity index is 796. The summed E-state index contributed by atoms with van der Waals surface area (Å²) in [7, 11) is 1.83. The molecule has 2 atom stereocenters. The minimum atomic E-state index is -0.442. The minimum Gasteiger partial charge on any atom is -0.444 e. The number of cyclic esters (lactones) is 1. The molecule has 0 saturated carbocycles. The van der Waals surface area contributed by atoms with Gasteiger partial charge in [0.05, 0.1) is 19.6 Å². The summed E-state index contributed by atoms with van der Waals surface area (Å²) in [5, 5.41) is 3.48. The largest absolute Gasteiger partial charge is 0.444 e. The van der Waals surface area contributed by atoms with Gasteiger partial charge in [-0.05, 0) is 49.6 Å². The summed E-state index contributed by atoms with van der Waals surface area (Å²) in [5.41, 5.74) is 12.2. The Morgan fingerprint density at radius 2 is 1.93 bits per heavy atom. The van der Waals surface area contributed by atoms with Crippen molar-refractivity contribution in [2.75, 3.05) is 43.0 Å². The van der Waals surface area contributed by atoms with E-state index < -0.39 is 12.2 Å². The Hall–Kier alpha value is -2.93. The van der Waals surface area contributed by atoms with E-state index in [0.29, 0.717) is 13.1 Å². The maximum atomic E-state index is 12.2. The molecule has 27 heavy (non-hydrogen) atoms. The topological polar surface area (TPSA) is 102 Å².